The lowest BCUT2D eigenvalue weighted by atomic mass is 10.0. The first-order valence-corrected chi connectivity index (χ1v) is 9.38. The predicted octanol–water partition coefficient (Wildman–Crippen LogP) is 5.43. The molecule has 0 unspecified atom stereocenters. The van der Waals surface area contributed by atoms with Gasteiger partial charge in [0.05, 0.1) is 19.3 Å². The lowest BCUT2D eigenvalue weighted by Crippen LogP contribution is -2.09. The van der Waals surface area contributed by atoms with Crippen molar-refractivity contribution in [2.75, 3.05) is 7.11 Å². The maximum absolute atomic E-state index is 12.8. The number of hydrogen-bond donors (Lipinski definition) is 0. The Bertz CT molecular complexity index is 957. The topological polar surface area (TPSA) is 36.3 Å². The summed E-state index contributed by atoms with van der Waals surface area (Å²) in [6.07, 6.45) is 0. The van der Waals surface area contributed by atoms with E-state index in [9.17, 15) is 8.78 Å². The fourth-order valence-electron chi connectivity index (χ4n) is 2.91. The largest absolute Gasteiger partial charge is 0.497 e. The zero-order valence-corrected chi connectivity index (χ0v) is 17.3. The molecule has 27 heavy (non-hydrogen) atoms. The summed E-state index contributed by atoms with van der Waals surface area (Å²) in [4.78, 5) is 0. The number of rotatable bonds is 6. The summed E-state index contributed by atoms with van der Waals surface area (Å²) in [5.41, 5.74) is 4.94. The Morgan fingerprint density at radius 3 is 2.63 bits per heavy atom. The quantitative estimate of drug-likeness (QED) is 0.438. The van der Waals surface area contributed by atoms with Crippen LogP contribution in [-0.2, 0) is 6.54 Å². The minimum atomic E-state index is -2.91. The third-order valence-electron chi connectivity index (χ3n) is 4.44. The molecule has 142 valence electrons. The van der Waals surface area contributed by atoms with Gasteiger partial charge in [-0.3, -0.25) is 4.68 Å². The van der Waals surface area contributed by atoms with E-state index in [2.05, 4.69) is 47.6 Å². The standard InChI is InChI=1S/C20H19F2IN2O2/c1-12-5-4-6-16(13(12)2)17-10-19(23)24-25(17)11-14-7-8-15(26-3)9-18(14)27-20(21)22/h4-10,20H,11H2,1-3H3. The molecule has 0 spiro atoms. The molecule has 0 bridgehead atoms. The van der Waals surface area contributed by atoms with Gasteiger partial charge in [0.2, 0.25) is 0 Å². The fourth-order valence-corrected chi connectivity index (χ4v) is 3.47. The summed E-state index contributed by atoms with van der Waals surface area (Å²) in [7, 11) is 1.48. The maximum atomic E-state index is 12.8. The van der Waals surface area contributed by atoms with Crippen LogP contribution in [0.5, 0.6) is 11.5 Å². The number of aryl methyl sites for hydroxylation is 1. The smallest absolute Gasteiger partial charge is 0.387 e. The number of hydrogen-bond acceptors (Lipinski definition) is 3. The van der Waals surface area contributed by atoms with Crippen LogP contribution < -0.4 is 9.47 Å². The van der Waals surface area contributed by atoms with Gasteiger partial charge >= 0.3 is 6.61 Å². The Balaban J connectivity index is 2.03. The van der Waals surface area contributed by atoms with Crippen molar-refractivity contribution >= 4 is 22.6 Å². The second-order valence-corrected chi connectivity index (χ2v) is 7.21. The molecule has 0 aliphatic rings. The summed E-state index contributed by atoms with van der Waals surface area (Å²) in [6.45, 7) is 1.51. The first kappa shape index (κ1) is 19.6. The van der Waals surface area contributed by atoms with Crippen LogP contribution in [0.2, 0.25) is 0 Å². The maximum Gasteiger partial charge on any atom is 0.387 e. The molecular weight excluding hydrogens is 465 g/mol. The van der Waals surface area contributed by atoms with E-state index in [0.29, 0.717) is 17.9 Å². The van der Waals surface area contributed by atoms with Crippen molar-refractivity contribution in [2.45, 2.75) is 27.0 Å². The van der Waals surface area contributed by atoms with Crippen LogP contribution in [0.15, 0.2) is 42.5 Å². The van der Waals surface area contributed by atoms with Crippen molar-refractivity contribution in [2.24, 2.45) is 0 Å². The Morgan fingerprint density at radius 2 is 1.93 bits per heavy atom. The Hall–Kier alpha value is -2.16. The van der Waals surface area contributed by atoms with Crippen molar-refractivity contribution in [3.8, 4) is 22.8 Å². The van der Waals surface area contributed by atoms with Gasteiger partial charge in [0.25, 0.3) is 0 Å². The highest BCUT2D eigenvalue weighted by Crippen LogP contribution is 2.31. The molecule has 1 heterocycles. The van der Waals surface area contributed by atoms with E-state index in [1.165, 1.54) is 18.7 Å². The molecule has 0 atom stereocenters. The van der Waals surface area contributed by atoms with Gasteiger partial charge in [0.15, 0.2) is 0 Å². The second-order valence-electron chi connectivity index (χ2n) is 6.11. The molecule has 0 amide bonds. The summed E-state index contributed by atoms with van der Waals surface area (Å²) in [5.74, 6) is 0.543. The van der Waals surface area contributed by atoms with Crippen LogP contribution in [-0.4, -0.2) is 23.5 Å². The molecule has 2 aromatic carbocycles. The summed E-state index contributed by atoms with van der Waals surface area (Å²) >= 11 is 2.15. The minimum absolute atomic E-state index is 0.0850. The minimum Gasteiger partial charge on any atom is -0.497 e. The highest BCUT2D eigenvalue weighted by Gasteiger charge is 2.16. The number of alkyl halides is 2. The molecule has 3 aromatic rings. The molecule has 0 fully saturated rings. The number of halogens is 3. The monoisotopic (exact) mass is 484 g/mol. The molecule has 0 aliphatic heterocycles. The van der Waals surface area contributed by atoms with Crippen LogP contribution in [0.1, 0.15) is 16.7 Å². The van der Waals surface area contributed by atoms with E-state index in [1.807, 2.05) is 22.9 Å². The van der Waals surface area contributed by atoms with Gasteiger partial charge in [-0.1, -0.05) is 18.2 Å². The van der Waals surface area contributed by atoms with Crippen LogP contribution in [0, 0.1) is 17.5 Å². The van der Waals surface area contributed by atoms with E-state index in [1.54, 1.807) is 12.1 Å². The zero-order chi connectivity index (χ0) is 19.6. The van der Waals surface area contributed by atoms with E-state index in [-0.39, 0.29) is 5.75 Å². The summed E-state index contributed by atoms with van der Waals surface area (Å²) in [5, 5.41) is 4.54. The van der Waals surface area contributed by atoms with Crippen molar-refractivity contribution in [1.29, 1.82) is 0 Å². The first-order chi connectivity index (χ1) is 12.9. The van der Waals surface area contributed by atoms with Crippen molar-refractivity contribution < 1.29 is 18.3 Å². The summed E-state index contributed by atoms with van der Waals surface area (Å²) < 4.78 is 38.1. The van der Waals surface area contributed by atoms with Gasteiger partial charge in [-0.15, -0.1) is 0 Å². The van der Waals surface area contributed by atoms with Crippen LogP contribution >= 0.6 is 22.6 Å². The van der Waals surface area contributed by atoms with Crippen molar-refractivity contribution in [3.63, 3.8) is 0 Å². The molecule has 0 saturated heterocycles. The molecule has 0 radical (unpaired) electrons. The van der Waals surface area contributed by atoms with Crippen molar-refractivity contribution in [3.05, 3.63) is 62.9 Å². The fraction of sp³-hybridized carbons (Fsp3) is 0.250. The summed E-state index contributed by atoms with van der Waals surface area (Å²) in [6, 6.07) is 13.0. The van der Waals surface area contributed by atoms with E-state index < -0.39 is 6.61 Å². The number of nitrogens with zero attached hydrogens (tertiary/aromatic N) is 2. The number of methoxy groups -OCH3 is 1. The Labute approximate surface area is 170 Å². The van der Waals surface area contributed by atoms with Gasteiger partial charge in [0, 0.05) is 17.2 Å². The van der Waals surface area contributed by atoms with E-state index in [0.717, 1.165) is 20.5 Å². The van der Waals surface area contributed by atoms with Gasteiger partial charge in [-0.05, 0) is 65.8 Å². The van der Waals surface area contributed by atoms with E-state index in [4.69, 9.17) is 9.47 Å². The molecule has 0 saturated carbocycles. The zero-order valence-electron chi connectivity index (χ0n) is 15.2. The highest BCUT2D eigenvalue weighted by atomic mass is 127. The molecule has 1 aromatic heterocycles. The predicted molar refractivity (Wildman–Crippen MR) is 109 cm³/mol. The SMILES string of the molecule is COc1ccc(Cn2nc(I)cc2-c2cccc(C)c2C)c(OC(F)F)c1. The normalized spacial score (nSPS) is 11.1. The molecule has 4 nitrogen and oxygen atoms in total. The Kier molecular flexibility index (Phi) is 5.98. The van der Waals surface area contributed by atoms with Crippen molar-refractivity contribution in [1.82, 2.24) is 9.78 Å². The number of aromatic nitrogens is 2. The first-order valence-electron chi connectivity index (χ1n) is 8.30. The molecule has 7 heteroatoms. The van der Waals surface area contributed by atoms with Gasteiger partial charge in [-0.2, -0.15) is 13.9 Å². The van der Waals surface area contributed by atoms with Gasteiger partial charge in [0.1, 0.15) is 15.2 Å². The average molecular weight is 484 g/mol. The van der Waals surface area contributed by atoms with E-state index >= 15 is 0 Å². The lowest BCUT2D eigenvalue weighted by Gasteiger charge is -2.15. The number of benzene rings is 2. The highest BCUT2D eigenvalue weighted by molar-refractivity contribution is 14.1. The lowest BCUT2D eigenvalue weighted by molar-refractivity contribution is -0.0505. The molecule has 0 aliphatic carbocycles. The molecular formula is C20H19F2IN2O2. The third-order valence-corrected chi connectivity index (χ3v) is 4.97. The van der Waals surface area contributed by atoms with Crippen LogP contribution in [0.3, 0.4) is 0 Å². The molecule has 0 N–H and O–H groups in total. The van der Waals surface area contributed by atoms with Crippen LogP contribution in [0.25, 0.3) is 11.3 Å². The Morgan fingerprint density at radius 1 is 1.15 bits per heavy atom. The second kappa shape index (κ2) is 8.24. The van der Waals surface area contributed by atoms with Gasteiger partial charge in [-0.25, -0.2) is 0 Å². The van der Waals surface area contributed by atoms with Gasteiger partial charge < -0.3 is 9.47 Å². The van der Waals surface area contributed by atoms with Crippen LogP contribution in [0.4, 0.5) is 8.78 Å². The molecule has 3 rings (SSSR count). The number of ether oxygens (including phenoxy) is 2. The average Bonchev–Trinajstić information content (AvgIpc) is 2.98. The third kappa shape index (κ3) is 4.40.